The Morgan fingerprint density at radius 1 is 0.895 bits per heavy atom. The van der Waals surface area contributed by atoms with Crippen LogP contribution < -0.4 is 0 Å². The number of hydrogen-bond donors (Lipinski definition) is 0. The van der Waals surface area contributed by atoms with Gasteiger partial charge in [-0.15, -0.1) is 8.57 Å². The zero-order valence-corrected chi connectivity index (χ0v) is 12.0. The van der Waals surface area contributed by atoms with Crippen LogP contribution >= 0.6 is 0 Å². The summed E-state index contributed by atoms with van der Waals surface area (Å²) in [5.74, 6) is -0.905. The maximum absolute atomic E-state index is 11.7. The molecule has 2 saturated heterocycles. The minimum atomic E-state index is -4.50. The highest BCUT2D eigenvalue weighted by molar-refractivity contribution is 7.81. The van der Waals surface area contributed by atoms with Crippen LogP contribution in [0, 0.1) is 0 Å². The highest BCUT2D eigenvalue weighted by Crippen LogP contribution is 2.35. The molecule has 0 unspecified atom stereocenters. The van der Waals surface area contributed by atoms with Gasteiger partial charge in [-0.1, -0.05) is 0 Å². The molecule has 0 spiro atoms. The molecule has 0 atom stereocenters. The molecule has 19 heavy (non-hydrogen) atoms. The van der Waals surface area contributed by atoms with Gasteiger partial charge in [0.2, 0.25) is 11.8 Å². The van der Waals surface area contributed by atoms with Gasteiger partial charge in [0.15, 0.2) is 0 Å². The monoisotopic (exact) mass is 292 g/mol. The van der Waals surface area contributed by atoms with Gasteiger partial charge in [0.05, 0.1) is 23.9 Å². The van der Waals surface area contributed by atoms with E-state index in [1.165, 1.54) is 0 Å². The molecule has 0 saturated carbocycles. The summed E-state index contributed by atoms with van der Waals surface area (Å²) in [6.45, 7) is 6.62. The van der Waals surface area contributed by atoms with Crippen molar-refractivity contribution in [1.29, 1.82) is 0 Å². The van der Waals surface area contributed by atoms with Gasteiger partial charge in [-0.05, 0) is 27.7 Å². The first kappa shape index (κ1) is 14.2. The second-order valence-electron chi connectivity index (χ2n) is 5.91. The van der Waals surface area contributed by atoms with E-state index in [-0.39, 0.29) is 12.8 Å². The van der Waals surface area contributed by atoms with E-state index in [0.29, 0.717) is 0 Å². The Morgan fingerprint density at radius 2 is 1.21 bits per heavy atom. The standard InChI is InChI=1S/C10H16N2O6S/c1-9(2)5-7(13)11(9)17-19(15,16)18-12-8(14)6-10(12,3)4/h5-6H2,1-4H3. The highest BCUT2D eigenvalue weighted by Gasteiger charge is 2.51. The zero-order chi connectivity index (χ0) is 14.6. The smallest absolute Gasteiger partial charge is 0.272 e. The van der Waals surface area contributed by atoms with Crippen molar-refractivity contribution in [2.45, 2.75) is 51.6 Å². The predicted octanol–water partition coefficient (Wildman–Crippen LogP) is 0.116. The minimum Gasteiger partial charge on any atom is -0.272 e. The summed E-state index contributed by atoms with van der Waals surface area (Å²) in [5.41, 5.74) is -1.41. The molecule has 2 amide bonds. The Morgan fingerprint density at radius 3 is 1.42 bits per heavy atom. The van der Waals surface area contributed by atoms with Gasteiger partial charge >= 0.3 is 10.4 Å². The fraction of sp³-hybridized carbons (Fsp3) is 0.800. The Balaban J connectivity index is 2.04. The molecule has 0 aromatic rings. The maximum atomic E-state index is 11.7. The first-order valence-electron chi connectivity index (χ1n) is 5.75. The lowest BCUT2D eigenvalue weighted by atomic mass is 9.91. The van der Waals surface area contributed by atoms with E-state index in [4.69, 9.17) is 0 Å². The van der Waals surface area contributed by atoms with Crippen molar-refractivity contribution in [2.75, 3.05) is 0 Å². The third-order valence-corrected chi connectivity index (χ3v) is 3.72. The summed E-state index contributed by atoms with van der Waals surface area (Å²) < 4.78 is 32.5. The lowest BCUT2D eigenvalue weighted by Crippen LogP contribution is -2.63. The number of hydroxylamine groups is 4. The van der Waals surface area contributed by atoms with Gasteiger partial charge in [0.1, 0.15) is 0 Å². The van der Waals surface area contributed by atoms with Crippen molar-refractivity contribution >= 4 is 22.2 Å². The van der Waals surface area contributed by atoms with Gasteiger partial charge in [-0.2, -0.15) is 18.5 Å². The molecular formula is C10H16N2O6S. The van der Waals surface area contributed by atoms with Gasteiger partial charge in [0.25, 0.3) is 0 Å². The van der Waals surface area contributed by atoms with Crippen LogP contribution in [-0.4, -0.2) is 41.4 Å². The molecule has 2 aliphatic rings. The van der Waals surface area contributed by atoms with Crippen LogP contribution in [0.25, 0.3) is 0 Å². The molecule has 2 rings (SSSR count). The molecule has 2 fully saturated rings. The molecule has 0 N–H and O–H groups in total. The quantitative estimate of drug-likeness (QED) is 0.683. The van der Waals surface area contributed by atoms with Gasteiger partial charge in [0, 0.05) is 0 Å². The van der Waals surface area contributed by atoms with E-state index >= 15 is 0 Å². The third kappa shape index (κ3) is 2.45. The first-order valence-corrected chi connectivity index (χ1v) is 7.08. The largest absolute Gasteiger partial charge is 0.442 e. The average Bonchev–Trinajstić information content (AvgIpc) is 2.22. The molecule has 8 nitrogen and oxygen atoms in total. The van der Waals surface area contributed by atoms with E-state index in [1.807, 2.05) is 0 Å². The van der Waals surface area contributed by atoms with Crippen molar-refractivity contribution in [3.05, 3.63) is 0 Å². The SMILES string of the molecule is CC1(C)CC(=O)N1OS(=O)(=O)ON1C(=O)CC1(C)C. The first-order chi connectivity index (χ1) is 8.45. The van der Waals surface area contributed by atoms with Crippen molar-refractivity contribution in [2.24, 2.45) is 0 Å². The summed E-state index contributed by atoms with van der Waals surface area (Å²) in [4.78, 5) is 22.6. The fourth-order valence-electron chi connectivity index (χ4n) is 2.00. The molecule has 0 aromatic heterocycles. The molecule has 0 aliphatic carbocycles. The maximum Gasteiger partial charge on any atom is 0.442 e. The molecule has 0 aromatic carbocycles. The van der Waals surface area contributed by atoms with Gasteiger partial charge in [-0.25, -0.2) is 0 Å². The van der Waals surface area contributed by atoms with Crippen LogP contribution in [0.4, 0.5) is 0 Å². The molecular weight excluding hydrogens is 276 g/mol. The molecule has 108 valence electrons. The van der Waals surface area contributed by atoms with Crippen molar-refractivity contribution < 1.29 is 26.6 Å². The van der Waals surface area contributed by atoms with Crippen LogP contribution in [0.5, 0.6) is 0 Å². The Kier molecular flexibility index (Phi) is 2.92. The number of nitrogens with zero attached hydrogens (tertiary/aromatic N) is 2. The molecule has 2 aliphatic heterocycles. The summed E-state index contributed by atoms with van der Waals surface area (Å²) in [6.07, 6.45) is 0.382. The van der Waals surface area contributed by atoms with Gasteiger partial charge < -0.3 is 0 Å². The topological polar surface area (TPSA) is 93.2 Å². The van der Waals surface area contributed by atoms with E-state index in [9.17, 15) is 18.0 Å². The van der Waals surface area contributed by atoms with Crippen molar-refractivity contribution in [3.63, 3.8) is 0 Å². The second-order valence-corrected chi connectivity index (χ2v) is 7.03. The average molecular weight is 292 g/mol. The number of carbonyl (C=O) groups excluding carboxylic acids is 2. The van der Waals surface area contributed by atoms with Crippen LogP contribution in [-0.2, 0) is 28.6 Å². The minimum absolute atomic E-state index is 0.191. The summed E-state index contributed by atoms with van der Waals surface area (Å²) >= 11 is 0. The summed E-state index contributed by atoms with van der Waals surface area (Å²) in [5, 5.41) is 1.47. The molecule has 0 bridgehead atoms. The number of rotatable bonds is 4. The van der Waals surface area contributed by atoms with E-state index in [2.05, 4.69) is 8.57 Å². The van der Waals surface area contributed by atoms with Crippen LogP contribution in [0.15, 0.2) is 0 Å². The van der Waals surface area contributed by atoms with E-state index in [1.54, 1.807) is 27.7 Å². The van der Waals surface area contributed by atoms with Crippen molar-refractivity contribution in [1.82, 2.24) is 10.1 Å². The normalized spacial score (nSPS) is 25.1. The molecule has 9 heteroatoms. The van der Waals surface area contributed by atoms with Crippen molar-refractivity contribution in [3.8, 4) is 0 Å². The zero-order valence-electron chi connectivity index (χ0n) is 11.2. The van der Waals surface area contributed by atoms with Crippen LogP contribution in [0.3, 0.4) is 0 Å². The third-order valence-electron chi connectivity index (χ3n) is 3.05. The van der Waals surface area contributed by atoms with Gasteiger partial charge in [-0.3, -0.25) is 9.59 Å². The molecule has 2 heterocycles. The Bertz CT molecular complexity index is 496. The van der Waals surface area contributed by atoms with E-state index < -0.39 is 33.3 Å². The number of β-lactam (4-membered cyclic amide) rings is 2. The summed E-state index contributed by atoms with van der Waals surface area (Å²) in [6, 6.07) is 0. The highest BCUT2D eigenvalue weighted by atomic mass is 32.3. The lowest BCUT2D eigenvalue weighted by Gasteiger charge is -2.46. The fourth-order valence-corrected chi connectivity index (χ4v) is 2.96. The summed E-state index contributed by atoms with van der Waals surface area (Å²) in [7, 11) is -4.50. The van der Waals surface area contributed by atoms with Crippen LogP contribution in [0.2, 0.25) is 0 Å². The predicted molar refractivity (Wildman–Crippen MR) is 62.2 cm³/mol. The van der Waals surface area contributed by atoms with E-state index in [0.717, 1.165) is 10.1 Å². The number of carbonyl (C=O) groups is 2. The molecule has 0 radical (unpaired) electrons. The Hall–Kier alpha value is -1.19. The Labute approximate surface area is 111 Å². The van der Waals surface area contributed by atoms with Crippen LogP contribution in [0.1, 0.15) is 40.5 Å². The second kappa shape index (κ2) is 3.90. The number of hydrogen-bond acceptors (Lipinski definition) is 6. The lowest BCUT2D eigenvalue weighted by molar-refractivity contribution is -0.229. The number of amides is 2.